The first kappa shape index (κ1) is 14.4. The SMILES string of the molecule is C=CCN(CC)S(=O)(=O)c1cnn(CC(=O)O)c1. The van der Waals surface area contributed by atoms with E-state index in [-0.39, 0.29) is 18.0 Å². The van der Waals surface area contributed by atoms with E-state index in [1.54, 1.807) is 6.92 Å². The van der Waals surface area contributed by atoms with E-state index in [1.807, 2.05) is 0 Å². The van der Waals surface area contributed by atoms with Gasteiger partial charge in [-0.15, -0.1) is 6.58 Å². The maximum absolute atomic E-state index is 12.1. The van der Waals surface area contributed by atoms with Gasteiger partial charge < -0.3 is 5.11 Å². The molecule has 0 aliphatic carbocycles. The number of hydrogen-bond donors (Lipinski definition) is 1. The highest BCUT2D eigenvalue weighted by Gasteiger charge is 2.23. The highest BCUT2D eigenvalue weighted by atomic mass is 32.2. The molecule has 0 spiro atoms. The van der Waals surface area contributed by atoms with Crippen molar-refractivity contribution < 1.29 is 18.3 Å². The second kappa shape index (κ2) is 5.78. The zero-order chi connectivity index (χ0) is 13.8. The van der Waals surface area contributed by atoms with Gasteiger partial charge in [-0.2, -0.15) is 9.40 Å². The van der Waals surface area contributed by atoms with Crippen molar-refractivity contribution >= 4 is 16.0 Å². The van der Waals surface area contributed by atoms with Crippen LogP contribution in [-0.4, -0.2) is 46.7 Å². The molecule has 1 aromatic heterocycles. The molecule has 1 rings (SSSR count). The molecule has 0 atom stereocenters. The van der Waals surface area contributed by atoms with Crippen LogP contribution in [0.15, 0.2) is 29.9 Å². The summed E-state index contributed by atoms with van der Waals surface area (Å²) in [6, 6.07) is 0. The maximum Gasteiger partial charge on any atom is 0.325 e. The Balaban J connectivity index is 3.00. The van der Waals surface area contributed by atoms with Gasteiger partial charge in [0.1, 0.15) is 11.4 Å². The van der Waals surface area contributed by atoms with E-state index in [4.69, 9.17) is 5.11 Å². The second-order valence-electron chi connectivity index (χ2n) is 3.51. The number of carbonyl (C=O) groups is 1. The van der Waals surface area contributed by atoms with Crippen molar-refractivity contribution in [3.8, 4) is 0 Å². The van der Waals surface area contributed by atoms with Crippen LogP contribution >= 0.6 is 0 Å². The van der Waals surface area contributed by atoms with Crippen LogP contribution < -0.4 is 0 Å². The fraction of sp³-hybridized carbons (Fsp3) is 0.400. The van der Waals surface area contributed by atoms with Gasteiger partial charge >= 0.3 is 5.97 Å². The van der Waals surface area contributed by atoms with Gasteiger partial charge in [0.05, 0.1) is 6.20 Å². The van der Waals surface area contributed by atoms with E-state index in [0.29, 0.717) is 6.54 Å². The molecule has 0 unspecified atom stereocenters. The van der Waals surface area contributed by atoms with E-state index in [1.165, 1.54) is 16.6 Å². The minimum absolute atomic E-state index is 0.0209. The third-order valence-corrected chi connectivity index (χ3v) is 4.12. The van der Waals surface area contributed by atoms with Crippen LogP contribution in [0, 0.1) is 0 Å². The van der Waals surface area contributed by atoms with Crippen LogP contribution in [0.1, 0.15) is 6.92 Å². The van der Waals surface area contributed by atoms with Gasteiger partial charge in [-0.3, -0.25) is 9.48 Å². The van der Waals surface area contributed by atoms with Crippen molar-refractivity contribution in [3.05, 3.63) is 25.0 Å². The highest BCUT2D eigenvalue weighted by molar-refractivity contribution is 7.89. The van der Waals surface area contributed by atoms with E-state index in [0.717, 1.165) is 10.9 Å². The normalized spacial score (nSPS) is 11.7. The molecular weight excluding hydrogens is 258 g/mol. The van der Waals surface area contributed by atoms with Crippen molar-refractivity contribution in [3.63, 3.8) is 0 Å². The summed E-state index contributed by atoms with van der Waals surface area (Å²) in [5.74, 6) is -1.08. The van der Waals surface area contributed by atoms with E-state index < -0.39 is 16.0 Å². The van der Waals surface area contributed by atoms with Crippen molar-refractivity contribution in [1.82, 2.24) is 14.1 Å². The summed E-state index contributed by atoms with van der Waals surface area (Å²) in [7, 11) is -3.64. The van der Waals surface area contributed by atoms with Gasteiger partial charge in [0.2, 0.25) is 10.0 Å². The first-order valence-electron chi connectivity index (χ1n) is 5.27. The first-order chi connectivity index (χ1) is 8.41. The van der Waals surface area contributed by atoms with Crippen LogP contribution in [0.5, 0.6) is 0 Å². The minimum atomic E-state index is -3.64. The number of likely N-dealkylation sites (N-methyl/N-ethyl adjacent to an activating group) is 1. The smallest absolute Gasteiger partial charge is 0.325 e. The number of carboxylic acid groups (broad SMARTS) is 1. The summed E-state index contributed by atoms with van der Waals surface area (Å²) in [6.45, 7) is 5.34. The van der Waals surface area contributed by atoms with Crippen molar-refractivity contribution in [2.24, 2.45) is 0 Å². The Labute approximate surface area is 105 Å². The van der Waals surface area contributed by atoms with Gasteiger partial charge in [0.15, 0.2) is 0 Å². The Kier molecular flexibility index (Phi) is 4.62. The van der Waals surface area contributed by atoms with Gasteiger partial charge in [0.25, 0.3) is 0 Å². The van der Waals surface area contributed by atoms with Crippen LogP contribution in [0.2, 0.25) is 0 Å². The molecule has 8 heteroatoms. The predicted molar refractivity (Wildman–Crippen MR) is 64.5 cm³/mol. The second-order valence-corrected chi connectivity index (χ2v) is 5.45. The average molecular weight is 273 g/mol. The number of aliphatic carboxylic acids is 1. The molecule has 0 radical (unpaired) electrons. The summed E-state index contributed by atoms with van der Waals surface area (Å²) in [4.78, 5) is 10.5. The first-order valence-corrected chi connectivity index (χ1v) is 6.71. The lowest BCUT2D eigenvalue weighted by Gasteiger charge is -2.17. The summed E-state index contributed by atoms with van der Waals surface area (Å²) in [6.07, 6.45) is 3.84. The largest absolute Gasteiger partial charge is 0.480 e. The lowest BCUT2D eigenvalue weighted by atomic mass is 10.6. The third-order valence-electron chi connectivity index (χ3n) is 2.23. The molecule has 0 aromatic carbocycles. The molecule has 0 fully saturated rings. The molecule has 100 valence electrons. The van der Waals surface area contributed by atoms with Crippen molar-refractivity contribution in [1.29, 1.82) is 0 Å². The highest BCUT2D eigenvalue weighted by Crippen LogP contribution is 2.14. The molecule has 0 saturated carbocycles. The van der Waals surface area contributed by atoms with Crippen LogP contribution in [0.25, 0.3) is 0 Å². The molecule has 7 nitrogen and oxygen atoms in total. The molecule has 0 saturated heterocycles. The number of hydrogen-bond acceptors (Lipinski definition) is 4. The number of rotatable bonds is 7. The van der Waals surface area contributed by atoms with Crippen molar-refractivity contribution in [2.75, 3.05) is 13.1 Å². The fourth-order valence-corrected chi connectivity index (χ4v) is 2.77. The Morgan fingerprint density at radius 1 is 1.67 bits per heavy atom. The molecule has 18 heavy (non-hydrogen) atoms. The quantitative estimate of drug-likeness (QED) is 0.715. The zero-order valence-corrected chi connectivity index (χ0v) is 10.8. The van der Waals surface area contributed by atoms with Gasteiger partial charge in [-0.05, 0) is 0 Å². The van der Waals surface area contributed by atoms with E-state index in [9.17, 15) is 13.2 Å². The molecule has 1 aromatic rings. The number of sulfonamides is 1. The lowest BCUT2D eigenvalue weighted by Crippen LogP contribution is -2.30. The summed E-state index contributed by atoms with van der Waals surface area (Å²) in [5, 5.41) is 12.3. The molecule has 0 aliphatic heterocycles. The van der Waals surface area contributed by atoms with Gasteiger partial charge in [-0.1, -0.05) is 13.0 Å². The predicted octanol–water partition coefficient (Wildman–Crippen LogP) is 0.164. The lowest BCUT2D eigenvalue weighted by molar-refractivity contribution is -0.137. The molecule has 1 N–H and O–H groups in total. The van der Waals surface area contributed by atoms with E-state index >= 15 is 0 Å². The van der Waals surface area contributed by atoms with Crippen LogP contribution in [0.3, 0.4) is 0 Å². The van der Waals surface area contributed by atoms with Crippen molar-refractivity contribution in [2.45, 2.75) is 18.4 Å². The average Bonchev–Trinajstić information content (AvgIpc) is 2.73. The standard InChI is InChI=1S/C10H15N3O4S/c1-3-5-13(4-2)18(16,17)9-6-11-12(7-9)8-10(14)15/h3,6-7H,1,4-5,8H2,2H3,(H,14,15). The monoisotopic (exact) mass is 273 g/mol. The summed E-state index contributed by atoms with van der Waals surface area (Å²) >= 11 is 0. The minimum Gasteiger partial charge on any atom is -0.480 e. The molecule has 0 amide bonds. The van der Waals surface area contributed by atoms with Gasteiger partial charge in [0, 0.05) is 19.3 Å². The number of carboxylic acids is 1. The van der Waals surface area contributed by atoms with E-state index in [2.05, 4.69) is 11.7 Å². The Bertz CT molecular complexity index is 535. The summed E-state index contributed by atoms with van der Waals surface area (Å²) in [5.41, 5.74) is 0. The Morgan fingerprint density at radius 2 is 2.33 bits per heavy atom. The summed E-state index contributed by atoms with van der Waals surface area (Å²) < 4.78 is 26.6. The molecule has 1 heterocycles. The van der Waals surface area contributed by atoms with Crippen LogP contribution in [0.4, 0.5) is 0 Å². The van der Waals surface area contributed by atoms with Gasteiger partial charge in [-0.25, -0.2) is 8.42 Å². The third kappa shape index (κ3) is 3.17. The molecule has 0 aliphatic rings. The van der Waals surface area contributed by atoms with Crippen LogP contribution in [-0.2, 0) is 21.4 Å². The molecule has 0 bridgehead atoms. The Hall–Kier alpha value is -1.67. The number of nitrogens with zero attached hydrogens (tertiary/aromatic N) is 3. The maximum atomic E-state index is 12.1. The molecular formula is C10H15N3O4S. The number of aromatic nitrogens is 2. The fourth-order valence-electron chi connectivity index (χ4n) is 1.39. The Morgan fingerprint density at radius 3 is 2.83 bits per heavy atom. The topological polar surface area (TPSA) is 92.5 Å². The zero-order valence-electron chi connectivity index (χ0n) is 9.98.